The Morgan fingerprint density at radius 2 is 1.93 bits per heavy atom. The number of benzene rings is 1. The highest BCUT2D eigenvalue weighted by Gasteiger charge is 2.53. The van der Waals surface area contributed by atoms with Gasteiger partial charge in [-0.15, -0.1) is 0 Å². The van der Waals surface area contributed by atoms with Crippen molar-refractivity contribution in [2.45, 2.75) is 51.2 Å². The van der Waals surface area contributed by atoms with E-state index in [0.29, 0.717) is 50.4 Å². The predicted molar refractivity (Wildman–Crippen MR) is 104 cm³/mol. The summed E-state index contributed by atoms with van der Waals surface area (Å²) in [6, 6.07) is 7.23. The summed E-state index contributed by atoms with van der Waals surface area (Å²) in [7, 11) is 0. The molecule has 3 aliphatic rings. The standard InChI is InChI=1S/C21H27N3O4/c1-20(2)14-28-13-12-22(20)17(25)9-11-23-19(27)15-6-4-5-7-16(15)24-18(26)8-10-21(23,24)3/h4-7H,8-14H2,1-3H3. The van der Waals surface area contributed by atoms with Crippen LogP contribution in [0.4, 0.5) is 5.69 Å². The summed E-state index contributed by atoms with van der Waals surface area (Å²) in [5, 5.41) is 0. The van der Waals surface area contributed by atoms with E-state index in [1.165, 1.54) is 0 Å². The lowest BCUT2D eigenvalue weighted by molar-refractivity contribution is -0.146. The molecule has 3 aliphatic heterocycles. The molecule has 7 heteroatoms. The van der Waals surface area contributed by atoms with Gasteiger partial charge in [0.1, 0.15) is 5.66 Å². The average molecular weight is 385 g/mol. The first-order chi connectivity index (χ1) is 13.3. The Kier molecular flexibility index (Phi) is 4.45. The third-order valence-corrected chi connectivity index (χ3v) is 6.24. The Morgan fingerprint density at radius 1 is 1.18 bits per heavy atom. The van der Waals surface area contributed by atoms with Crippen LogP contribution in [0.3, 0.4) is 0 Å². The molecule has 3 heterocycles. The molecular formula is C21H27N3O4. The summed E-state index contributed by atoms with van der Waals surface area (Å²) in [6.07, 6.45) is 1.21. The first-order valence-electron chi connectivity index (χ1n) is 9.88. The molecule has 0 saturated carbocycles. The largest absolute Gasteiger partial charge is 0.377 e. The number of hydrogen-bond acceptors (Lipinski definition) is 4. The van der Waals surface area contributed by atoms with E-state index in [0.717, 1.165) is 0 Å². The van der Waals surface area contributed by atoms with Crippen LogP contribution in [-0.4, -0.2) is 65.0 Å². The SMILES string of the molecule is CC1(C)COCCN1C(=O)CCN1C(=O)c2ccccc2N2C(=O)CCC12C. The van der Waals surface area contributed by atoms with Gasteiger partial charge < -0.3 is 14.5 Å². The molecule has 1 atom stereocenters. The molecule has 150 valence electrons. The molecule has 0 aromatic heterocycles. The Hall–Kier alpha value is -2.41. The summed E-state index contributed by atoms with van der Waals surface area (Å²) in [5.41, 5.74) is 0.125. The van der Waals surface area contributed by atoms with Crippen molar-refractivity contribution in [3.05, 3.63) is 29.8 Å². The van der Waals surface area contributed by atoms with Gasteiger partial charge in [-0.1, -0.05) is 12.1 Å². The van der Waals surface area contributed by atoms with Gasteiger partial charge in [0.25, 0.3) is 5.91 Å². The van der Waals surface area contributed by atoms with E-state index in [2.05, 4.69) is 0 Å². The highest BCUT2D eigenvalue weighted by atomic mass is 16.5. The molecule has 1 aromatic carbocycles. The van der Waals surface area contributed by atoms with Crippen LogP contribution in [0.15, 0.2) is 24.3 Å². The van der Waals surface area contributed by atoms with Gasteiger partial charge in [-0.3, -0.25) is 19.3 Å². The maximum absolute atomic E-state index is 13.2. The molecule has 1 aromatic rings. The minimum Gasteiger partial charge on any atom is -0.377 e. The molecule has 7 nitrogen and oxygen atoms in total. The van der Waals surface area contributed by atoms with E-state index in [9.17, 15) is 14.4 Å². The fourth-order valence-electron chi connectivity index (χ4n) is 4.70. The van der Waals surface area contributed by atoms with Crippen LogP contribution < -0.4 is 4.90 Å². The number of carbonyl (C=O) groups is 3. The number of carbonyl (C=O) groups excluding carboxylic acids is 3. The number of para-hydroxylation sites is 1. The van der Waals surface area contributed by atoms with Crippen molar-refractivity contribution in [3.8, 4) is 0 Å². The quantitative estimate of drug-likeness (QED) is 0.798. The van der Waals surface area contributed by atoms with Gasteiger partial charge in [0, 0.05) is 25.9 Å². The lowest BCUT2D eigenvalue weighted by Gasteiger charge is -2.49. The minimum absolute atomic E-state index is 0.0134. The van der Waals surface area contributed by atoms with Gasteiger partial charge in [-0.25, -0.2) is 0 Å². The Labute approximate surface area is 165 Å². The second kappa shape index (κ2) is 6.58. The third kappa shape index (κ3) is 2.80. The maximum atomic E-state index is 13.2. The molecular weight excluding hydrogens is 358 g/mol. The zero-order valence-electron chi connectivity index (χ0n) is 16.7. The number of rotatable bonds is 3. The van der Waals surface area contributed by atoms with E-state index in [1.54, 1.807) is 21.9 Å². The number of hydrogen-bond donors (Lipinski definition) is 0. The lowest BCUT2D eigenvalue weighted by Crippen LogP contribution is -2.63. The van der Waals surface area contributed by atoms with Crippen molar-refractivity contribution in [2.75, 3.05) is 31.2 Å². The molecule has 2 saturated heterocycles. The van der Waals surface area contributed by atoms with Crippen LogP contribution in [-0.2, 0) is 14.3 Å². The fraction of sp³-hybridized carbons (Fsp3) is 0.571. The van der Waals surface area contributed by atoms with Gasteiger partial charge in [-0.2, -0.15) is 0 Å². The normalized spacial score (nSPS) is 26.3. The van der Waals surface area contributed by atoms with E-state index >= 15 is 0 Å². The first kappa shape index (κ1) is 18.9. The van der Waals surface area contributed by atoms with Crippen molar-refractivity contribution in [1.29, 1.82) is 0 Å². The number of fused-ring (bicyclic) bond motifs is 3. The fourth-order valence-corrected chi connectivity index (χ4v) is 4.70. The van der Waals surface area contributed by atoms with Gasteiger partial charge in [0.2, 0.25) is 11.8 Å². The zero-order chi connectivity index (χ0) is 20.1. The van der Waals surface area contributed by atoms with Crippen LogP contribution in [0.5, 0.6) is 0 Å². The molecule has 0 bridgehead atoms. The summed E-state index contributed by atoms with van der Waals surface area (Å²) in [6.45, 7) is 7.80. The van der Waals surface area contributed by atoms with E-state index < -0.39 is 5.66 Å². The molecule has 0 N–H and O–H groups in total. The van der Waals surface area contributed by atoms with Crippen molar-refractivity contribution in [2.24, 2.45) is 0 Å². The van der Waals surface area contributed by atoms with Crippen molar-refractivity contribution >= 4 is 23.4 Å². The lowest BCUT2D eigenvalue weighted by atomic mass is 9.97. The summed E-state index contributed by atoms with van der Waals surface area (Å²) >= 11 is 0. The van der Waals surface area contributed by atoms with Crippen LogP contribution in [0.2, 0.25) is 0 Å². The Morgan fingerprint density at radius 3 is 2.68 bits per heavy atom. The summed E-state index contributed by atoms with van der Waals surface area (Å²) < 4.78 is 5.50. The molecule has 3 amide bonds. The molecule has 2 fully saturated rings. The van der Waals surface area contributed by atoms with Gasteiger partial charge in [-0.05, 0) is 39.3 Å². The van der Waals surface area contributed by atoms with Crippen LogP contribution in [0.25, 0.3) is 0 Å². The number of nitrogens with zero attached hydrogens (tertiary/aromatic N) is 3. The number of amides is 3. The monoisotopic (exact) mass is 385 g/mol. The molecule has 28 heavy (non-hydrogen) atoms. The Bertz CT molecular complexity index is 837. The van der Waals surface area contributed by atoms with Crippen LogP contribution in [0.1, 0.15) is 50.4 Å². The number of morpholine rings is 1. The van der Waals surface area contributed by atoms with Crippen molar-refractivity contribution in [1.82, 2.24) is 9.80 Å². The Balaban J connectivity index is 1.58. The molecule has 0 aliphatic carbocycles. The van der Waals surface area contributed by atoms with Crippen LogP contribution in [0, 0.1) is 0 Å². The van der Waals surface area contributed by atoms with Gasteiger partial charge >= 0.3 is 0 Å². The minimum atomic E-state index is -0.719. The first-order valence-corrected chi connectivity index (χ1v) is 9.88. The molecule has 0 radical (unpaired) electrons. The zero-order valence-corrected chi connectivity index (χ0v) is 16.7. The van der Waals surface area contributed by atoms with E-state index in [1.807, 2.05) is 37.8 Å². The average Bonchev–Trinajstić information content (AvgIpc) is 2.96. The third-order valence-electron chi connectivity index (χ3n) is 6.24. The molecule has 4 rings (SSSR count). The predicted octanol–water partition coefficient (Wildman–Crippen LogP) is 2.01. The van der Waals surface area contributed by atoms with Crippen molar-refractivity contribution in [3.63, 3.8) is 0 Å². The number of anilines is 1. The van der Waals surface area contributed by atoms with Gasteiger partial charge in [0.15, 0.2) is 0 Å². The summed E-state index contributed by atoms with van der Waals surface area (Å²) in [4.78, 5) is 44.1. The highest BCUT2D eigenvalue weighted by molar-refractivity contribution is 6.10. The van der Waals surface area contributed by atoms with E-state index in [-0.39, 0.29) is 29.7 Å². The van der Waals surface area contributed by atoms with Gasteiger partial charge in [0.05, 0.1) is 30.0 Å². The highest BCUT2D eigenvalue weighted by Crippen LogP contribution is 2.44. The topological polar surface area (TPSA) is 70.2 Å². The number of ether oxygens (including phenoxy) is 1. The smallest absolute Gasteiger partial charge is 0.257 e. The van der Waals surface area contributed by atoms with Crippen molar-refractivity contribution < 1.29 is 19.1 Å². The second-order valence-electron chi connectivity index (χ2n) is 8.58. The second-order valence-corrected chi connectivity index (χ2v) is 8.58. The summed E-state index contributed by atoms with van der Waals surface area (Å²) in [5.74, 6) is -0.0781. The van der Waals surface area contributed by atoms with Crippen LogP contribution >= 0.6 is 0 Å². The van der Waals surface area contributed by atoms with E-state index in [4.69, 9.17) is 4.74 Å². The maximum Gasteiger partial charge on any atom is 0.257 e. The molecule has 0 spiro atoms. The molecule has 1 unspecified atom stereocenters.